The SMILES string of the molecule is CC(C)(C)c1cc(CNCCSSCCNCc2cc(C(C)(C)C)c(O)c(C(C)(C)C)c2)cc(C(C)(C)C)c1O. The summed E-state index contributed by atoms with van der Waals surface area (Å²) in [5.41, 5.74) is 6.12. The summed E-state index contributed by atoms with van der Waals surface area (Å²) in [5, 5.41) is 29.1. The summed E-state index contributed by atoms with van der Waals surface area (Å²) in [6.45, 7) is 29.4. The maximum atomic E-state index is 10.9. The third kappa shape index (κ3) is 10.2. The standard InChI is InChI=1S/C34H56N2O2S2/c1-31(2,3)25-17-23(18-26(29(25)37)32(4,5)6)21-35-13-15-39-40-16-14-36-22-24-19-27(33(7,8)9)30(38)28(20-24)34(10,11)12/h17-20,35-38H,13-16,21-22H2,1-12H3. The topological polar surface area (TPSA) is 64.5 Å². The molecule has 0 radical (unpaired) electrons. The van der Waals surface area contributed by atoms with E-state index in [9.17, 15) is 10.2 Å². The van der Waals surface area contributed by atoms with Gasteiger partial charge in [0, 0.05) is 37.7 Å². The molecule has 0 saturated carbocycles. The van der Waals surface area contributed by atoms with Gasteiger partial charge in [0.2, 0.25) is 0 Å². The lowest BCUT2D eigenvalue weighted by molar-refractivity contribution is 0.421. The van der Waals surface area contributed by atoms with Gasteiger partial charge in [-0.05, 0) is 55.0 Å². The third-order valence-electron chi connectivity index (χ3n) is 7.04. The molecular formula is C34H56N2O2S2. The number of rotatable bonds is 11. The van der Waals surface area contributed by atoms with Crippen LogP contribution in [0.5, 0.6) is 11.5 Å². The second-order valence-electron chi connectivity index (χ2n) is 15.1. The van der Waals surface area contributed by atoms with Crippen molar-refractivity contribution in [1.82, 2.24) is 10.6 Å². The fourth-order valence-electron chi connectivity index (χ4n) is 4.69. The van der Waals surface area contributed by atoms with Crippen molar-refractivity contribution in [2.75, 3.05) is 24.6 Å². The number of benzene rings is 2. The first kappa shape index (κ1) is 34.9. The minimum absolute atomic E-state index is 0.104. The Balaban J connectivity index is 1.79. The van der Waals surface area contributed by atoms with Crippen molar-refractivity contribution in [2.45, 2.75) is 118 Å². The lowest BCUT2D eigenvalue weighted by Gasteiger charge is -2.28. The molecule has 0 heterocycles. The van der Waals surface area contributed by atoms with Crippen LogP contribution < -0.4 is 10.6 Å². The number of hydrogen-bond acceptors (Lipinski definition) is 6. The predicted molar refractivity (Wildman–Crippen MR) is 179 cm³/mol. The molecule has 2 aromatic carbocycles. The average Bonchev–Trinajstić information content (AvgIpc) is 2.78. The van der Waals surface area contributed by atoms with Gasteiger partial charge in [0.05, 0.1) is 0 Å². The van der Waals surface area contributed by atoms with E-state index in [1.165, 1.54) is 11.1 Å². The Hall–Kier alpha value is -1.34. The van der Waals surface area contributed by atoms with Crippen LogP contribution >= 0.6 is 21.6 Å². The van der Waals surface area contributed by atoms with Crippen molar-refractivity contribution in [3.8, 4) is 11.5 Å². The summed E-state index contributed by atoms with van der Waals surface area (Å²) in [7, 11) is 3.81. The molecule has 6 heteroatoms. The Bertz CT molecular complexity index is 957. The second-order valence-corrected chi connectivity index (χ2v) is 17.8. The fourth-order valence-corrected chi connectivity index (χ4v) is 6.59. The smallest absolute Gasteiger partial charge is 0.123 e. The van der Waals surface area contributed by atoms with Crippen LogP contribution in [0.2, 0.25) is 0 Å². The molecule has 0 aliphatic heterocycles. The van der Waals surface area contributed by atoms with Crippen LogP contribution in [0.15, 0.2) is 24.3 Å². The fraction of sp³-hybridized carbons (Fsp3) is 0.647. The molecule has 40 heavy (non-hydrogen) atoms. The maximum absolute atomic E-state index is 10.9. The highest BCUT2D eigenvalue weighted by atomic mass is 33.1. The summed E-state index contributed by atoms with van der Waals surface area (Å²) in [4.78, 5) is 0. The summed E-state index contributed by atoms with van der Waals surface area (Å²) < 4.78 is 0. The van der Waals surface area contributed by atoms with Gasteiger partial charge in [-0.15, -0.1) is 0 Å². The van der Waals surface area contributed by atoms with E-state index in [4.69, 9.17) is 0 Å². The van der Waals surface area contributed by atoms with E-state index < -0.39 is 0 Å². The van der Waals surface area contributed by atoms with Gasteiger partial charge in [-0.25, -0.2) is 0 Å². The Kier molecular flexibility index (Phi) is 12.0. The molecule has 0 atom stereocenters. The molecule has 0 fully saturated rings. The quantitative estimate of drug-likeness (QED) is 0.156. The molecule has 0 spiro atoms. The molecule has 0 aliphatic carbocycles. The van der Waals surface area contributed by atoms with E-state index in [-0.39, 0.29) is 21.7 Å². The zero-order chi connectivity index (χ0) is 30.5. The van der Waals surface area contributed by atoms with Gasteiger partial charge in [0.1, 0.15) is 11.5 Å². The molecule has 0 saturated heterocycles. The van der Waals surface area contributed by atoms with Crippen LogP contribution in [-0.4, -0.2) is 34.8 Å². The van der Waals surface area contributed by atoms with Crippen molar-refractivity contribution in [2.24, 2.45) is 0 Å². The minimum atomic E-state index is -0.104. The molecule has 2 aromatic rings. The number of hydrogen-bond donors (Lipinski definition) is 4. The molecule has 0 bridgehead atoms. The molecule has 4 N–H and O–H groups in total. The first-order valence-electron chi connectivity index (χ1n) is 14.6. The average molecular weight is 589 g/mol. The molecule has 4 nitrogen and oxygen atoms in total. The summed E-state index contributed by atoms with van der Waals surface area (Å²) in [6, 6.07) is 8.64. The van der Waals surface area contributed by atoms with Crippen LogP contribution in [0, 0.1) is 0 Å². The first-order valence-corrected chi connectivity index (χ1v) is 17.1. The van der Waals surface area contributed by atoms with Gasteiger partial charge >= 0.3 is 0 Å². The van der Waals surface area contributed by atoms with Gasteiger partial charge < -0.3 is 20.8 Å². The van der Waals surface area contributed by atoms with E-state index in [0.717, 1.165) is 59.9 Å². The second kappa shape index (κ2) is 13.8. The molecule has 0 amide bonds. The summed E-state index contributed by atoms with van der Waals surface area (Å²) in [6.07, 6.45) is 0. The van der Waals surface area contributed by atoms with Crippen molar-refractivity contribution in [3.05, 3.63) is 57.6 Å². The predicted octanol–water partition coefficient (Wildman–Crippen LogP) is 8.55. The van der Waals surface area contributed by atoms with Crippen molar-refractivity contribution in [3.63, 3.8) is 0 Å². The molecule has 0 unspecified atom stereocenters. The molecular weight excluding hydrogens is 533 g/mol. The highest BCUT2D eigenvalue weighted by Gasteiger charge is 2.27. The van der Waals surface area contributed by atoms with Gasteiger partial charge in [0.25, 0.3) is 0 Å². The molecule has 226 valence electrons. The van der Waals surface area contributed by atoms with Crippen LogP contribution in [0.4, 0.5) is 0 Å². The van der Waals surface area contributed by atoms with Gasteiger partial charge in [-0.1, -0.05) is 129 Å². The Morgan fingerprint density at radius 2 is 0.750 bits per heavy atom. The number of aromatic hydroxyl groups is 2. The van der Waals surface area contributed by atoms with Crippen LogP contribution in [0.25, 0.3) is 0 Å². The minimum Gasteiger partial charge on any atom is -0.507 e. The van der Waals surface area contributed by atoms with Gasteiger partial charge in [-0.2, -0.15) is 0 Å². The summed E-state index contributed by atoms with van der Waals surface area (Å²) >= 11 is 0. The lowest BCUT2D eigenvalue weighted by Crippen LogP contribution is -2.21. The van der Waals surface area contributed by atoms with Crippen LogP contribution in [-0.2, 0) is 34.7 Å². The summed E-state index contributed by atoms with van der Waals surface area (Å²) in [5.74, 6) is 2.98. The first-order chi connectivity index (χ1) is 18.2. The Morgan fingerprint density at radius 3 is 0.975 bits per heavy atom. The van der Waals surface area contributed by atoms with E-state index in [2.05, 4.69) is 118 Å². The van der Waals surface area contributed by atoms with Gasteiger partial charge in [-0.3, -0.25) is 0 Å². The number of phenols is 2. The molecule has 0 aromatic heterocycles. The molecule has 0 aliphatic rings. The van der Waals surface area contributed by atoms with Crippen molar-refractivity contribution in [1.29, 1.82) is 0 Å². The number of nitrogens with one attached hydrogen (secondary N) is 2. The Morgan fingerprint density at radius 1 is 0.500 bits per heavy atom. The number of phenolic OH excluding ortho intramolecular Hbond substituents is 2. The van der Waals surface area contributed by atoms with E-state index >= 15 is 0 Å². The maximum Gasteiger partial charge on any atom is 0.123 e. The van der Waals surface area contributed by atoms with E-state index in [1.807, 2.05) is 21.6 Å². The zero-order valence-corrected chi connectivity index (χ0v) is 28.9. The van der Waals surface area contributed by atoms with E-state index in [0.29, 0.717) is 11.5 Å². The zero-order valence-electron chi connectivity index (χ0n) is 27.3. The highest BCUT2D eigenvalue weighted by Crippen LogP contribution is 2.41. The van der Waals surface area contributed by atoms with E-state index in [1.54, 1.807) is 0 Å². The van der Waals surface area contributed by atoms with Crippen molar-refractivity contribution < 1.29 is 10.2 Å². The van der Waals surface area contributed by atoms with Crippen LogP contribution in [0.3, 0.4) is 0 Å². The third-order valence-corrected chi connectivity index (χ3v) is 9.45. The van der Waals surface area contributed by atoms with Crippen molar-refractivity contribution >= 4 is 21.6 Å². The van der Waals surface area contributed by atoms with Gasteiger partial charge in [0.15, 0.2) is 0 Å². The molecule has 2 rings (SSSR count). The highest BCUT2D eigenvalue weighted by molar-refractivity contribution is 8.76. The lowest BCUT2D eigenvalue weighted by atomic mass is 9.78. The monoisotopic (exact) mass is 588 g/mol. The van der Waals surface area contributed by atoms with Crippen LogP contribution in [0.1, 0.15) is 116 Å². The normalized spacial score (nSPS) is 13.2. The Labute approximate surface area is 253 Å². The largest absolute Gasteiger partial charge is 0.507 e.